The number of hydrogen-bond donors (Lipinski definition) is 2. The number of aliphatic hydroxyl groups excluding tert-OH is 1. The highest BCUT2D eigenvalue weighted by molar-refractivity contribution is 5.23. The van der Waals surface area contributed by atoms with Crippen molar-refractivity contribution in [2.75, 3.05) is 13.2 Å². The molecule has 0 amide bonds. The Labute approximate surface area is 85.1 Å². The third-order valence-electron chi connectivity index (χ3n) is 2.33. The van der Waals surface area contributed by atoms with E-state index in [0.29, 0.717) is 6.04 Å². The molecule has 1 aromatic heterocycles. The second kappa shape index (κ2) is 5.17. The van der Waals surface area contributed by atoms with E-state index in [-0.39, 0.29) is 6.61 Å². The zero-order valence-corrected chi connectivity index (χ0v) is 9.13. The van der Waals surface area contributed by atoms with Gasteiger partial charge in [-0.1, -0.05) is 0 Å². The Morgan fingerprint density at radius 1 is 1.50 bits per heavy atom. The highest BCUT2D eigenvalue weighted by Crippen LogP contribution is 2.20. The molecule has 1 rings (SSSR count). The molecule has 0 aromatic carbocycles. The molecule has 14 heavy (non-hydrogen) atoms. The van der Waals surface area contributed by atoms with Gasteiger partial charge in [0.05, 0.1) is 0 Å². The smallest absolute Gasteiger partial charge is 0.105 e. The second-order valence-corrected chi connectivity index (χ2v) is 3.62. The van der Waals surface area contributed by atoms with Gasteiger partial charge in [0.25, 0.3) is 0 Å². The van der Waals surface area contributed by atoms with Crippen molar-refractivity contribution in [1.82, 2.24) is 5.32 Å². The summed E-state index contributed by atoms with van der Waals surface area (Å²) in [6.45, 7) is 7.11. The van der Waals surface area contributed by atoms with Crippen molar-refractivity contribution in [3.05, 3.63) is 23.2 Å². The average Bonchev–Trinajstić information content (AvgIpc) is 2.45. The molecule has 2 N–H and O–H groups in total. The third-order valence-corrected chi connectivity index (χ3v) is 2.33. The molecule has 0 aliphatic carbocycles. The van der Waals surface area contributed by atoms with Crippen molar-refractivity contribution in [2.45, 2.75) is 33.2 Å². The maximum atomic E-state index is 8.65. The summed E-state index contributed by atoms with van der Waals surface area (Å²) in [6, 6.07) is 2.35. The maximum Gasteiger partial charge on any atom is 0.105 e. The Hall–Kier alpha value is -0.800. The van der Waals surface area contributed by atoms with Crippen LogP contribution < -0.4 is 5.32 Å². The van der Waals surface area contributed by atoms with Gasteiger partial charge in [-0.2, -0.15) is 0 Å². The Morgan fingerprint density at radius 3 is 2.71 bits per heavy atom. The minimum atomic E-state index is 0.239. The van der Waals surface area contributed by atoms with E-state index in [1.807, 2.05) is 13.8 Å². The Morgan fingerprint density at radius 2 is 2.21 bits per heavy atom. The molecule has 0 aliphatic rings. The van der Waals surface area contributed by atoms with Gasteiger partial charge in [-0.05, 0) is 39.8 Å². The van der Waals surface area contributed by atoms with Crippen LogP contribution in [0, 0.1) is 13.8 Å². The van der Waals surface area contributed by atoms with Crippen LogP contribution in [0.3, 0.4) is 0 Å². The maximum absolute atomic E-state index is 8.65. The lowest BCUT2D eigenvalue weighted by molar-refractivity contribution is 0.284. The summed E-state index contributed by atoms with van der Waals surface area (Å²) in [4.78, 5) is 0. The van der Waals surface area contributed by atoms with Gasteiger partial charge in [0.15, 0.2) is 0 Å². The van der Waals surface area contributed by atoms with Gasteiger partial charge in [0.1, 0.15) is 11.5 Å². The molecule has 1 heterocycles. The molecule has 0 aliphatic heterocycles. The first-order valence-electron chi connectivity index (χ1n) is 5.06. The fraction of sp³-hybridized carbons (Fsp3) is 0.636. The fourth-order valence-corrected chi connectivity index (χ4v) is 1.59. The van der Waals surface area contributed by atoms with Gasteiger partial charge in [-0.3, -0.25) is 0 Å². The molecule has 1 aromatic rings. The molecule has 0 radical (unpaired) electrons. The molecule has 0 spiro atoms. The summed E-state index contributed by atoms with van der Waals surface area (Å²) in [6.07, 6.45) is 0.792. The topological polar surface area (TPSA) is 45.4 Å². The van der Waals surface area contributed by atoms with E-state index in [0.717, 1.165) is 24.5 Å². The number of hydrogen-bond acceptors (Lipinski definition) is 3. The summed E-state index contributed by atoms with van der Waals surface area (Å²) in [5, 5.41) is 12.0. The Bertz CT molecular complexity index is 281. The zero-order valence-electron chi connectivity index (χ0n) is 9.13. The van der Waals surface area contributed by atoms with E-state index in [9.17, 15) is 0 Å². The number of aliphatic hydroxyl groups is 1. The molecule has 3 nitrogen and oxygen atoms in total. The average molecular weight is 197 g/mol. The van der Waals surface area contributed by atoms with E-state index in [4.69, 9.17) is 9.52 Å². The van der Waals surface area contributed by atoms with E-state index < -0.39 is 0 Å². The van der Waals surface area contributed by atoms with Gasteiger partial charge < -0.3 is 14.8 Å². The lowest BCUT2D eigenvalue weighted by atomic mass is 10.1. The van der Waals surface area contributed by atoms with Gasteiger partial charge in [-0.25, -0.2) is 0 Å². The fourth-order valence-electron chi connectivity index (χ4n) is 1.59. The largest absolute Gasteiger partial charge is 0.466 e. The van der Waals surface area contributed by atoms with Crippen LogP contribution in [0.4, 0.5) is 0 Å². The van der Waals surface area contributed by atoms with E-state index in [1.54, 1.807) is 0 Å². The summed E-state index contributed by atoms with van der Waals surface area (Å²) >= 11 is 0. The first kappa shape index (κ1) is 11.3. The minimum Gasteiger partial charge on any atom is -0.466 e. The molecule has 80 valence electrons. The van der Waals surface area contributed by atoms with Crippen LogP contribution in [0.5, 0.6) is 0 Å². The van der Waals surface area contributed by atoms with Crippen molar-refractivity contribution in [2.24, 2.45) is 0 Å². The molecule has 0 saturated heterocycles. The first-order valence-corrected chi connectivity index (χ1v) is 5.06. The second-order valence-electron chi connectivity index (χ2n) is 3.62. The highest BCUT2D eigenvalue weighted by atomic mass is 16.3. The van der Waals surface area contributed by atoms with Gasteiger partial charge in [0.2, 0.25) is 0 Å². The summed E-state index contributed by atoms with van der Waals surface area (Å²) in [7, 11) is 0. The molecule has 0 saturated carbocycles. The zero-order chi connectivity index (χ0) is 10.6. The van der Waals surface area contributed by atoms with E-state index in [2.05, 4.69) is 18.3 Å². The molecule has 1 unspecified atom stereocenters. The van der Waals surface area contributed by atoms with Crippen molar-refractivity contribution < 1.29 is 9.52 Å². The molecular weight excluding hydrogens is 178 g/mol. The SMILES string of the molecule is Cc1cc(C(C)NCCCO)c(C)o1. The molecule has 1 atom stereocenters. The predicted octanol–water partition coefficient (Wildman–Crippen LogP) is 1.93. The van der Waals surface area contributed by atoms with Crippen molar-refractivity contribution in [3.8, 4) is 0 Å². The lowest BCUT2D eigenvalue weighted by Gasteiger charge is -2.12. The predicted molar refractivity (Wildman–Crippen MR) is 56.3 cm³/mol. The monoisotopic (exact) mass is 197 g/mol. The number of nitrogens with one attached hydrogen (secondary N) is 1. The van der Waals surface area contributed by atoms with Crippen molar-refractivity contribution >= 4 is 0 Å². The van der Waals surface area contributed by atoms with Crippen LogP contribution in [0.2, 0.25) is 0 Å². The normalized spacial score (nSPS) is 13.1. The van der Waals surface area contributed by atoms with Crippen LogP contribution >= 0.6 is 0 Å². The number of rotatable bonds is 5. The number of furan rings is 1. The van der Waals surface area contributed by atoms with Crippen LogP contribution in [0.15, 0.2) is 10.5 Å². The quantitative estimate of drug-likeness (QED) is 0.709. The van der Waals surface area contributed by atoms with Crippen molar-refractivity contribution in [1.29, 1.82) is 0 Å². The lowest BCUT2D eigenvalue weighted by Crippen LogP contribution is -2.20. The summed E-state index contributed by atoms with van der Waals surface area (Å²) in [5.41, 5.74) is 1.21. The van der Waals surface area contributed by atoms with E-state index in [1.165, 1.54) is 5.56 Å². The molecule has 3 heteroatoms. The molecule has 0 fully saturated rings. The third kappa shape index (κ3) is 2.86. The Balaban J connectivity index is 2.51. The van der Waals surface area contributed by atoms with Crippen LogP contribution in [0.25, 0.3) is 0 Å². The van der Waals surface area contributed by atoms with Crippen molar-refractivity contribution in [3.63, 3.8) is 0 Å². The highest BCUT2D eigenvalue weighted by Gasteiger charge is 2.11. The van der Waals surface area contributed by atoms with Crippen LogP contribution in [-0.2, 0) is 0 Å². The number of aryl methyl sites for hydroxylation is 2. The van der Waals surface area contributed by atoms with Crippen LogP contribution in [-0.4, -0.2) is 18.3 Å². The first-order chi connectivity index (χ1) is 6.65. The summed E-state index contributed by atoms with van der Waals surface area (Å²) < 4.78 is 5.45. The minimum absolute atomic E-state index is 0.239. The van der Waals surface area contributed by atoms with E-state index >= 15 is 0 Å². The summed E-state index contributed by atoms with van der Waals surface area (Å²) in [5.74, 6) is 1.93. The van der Waals surface area contributed by atoms with Gasteiger partial charge >= 0.3 is 0 Å². The van der Waals surface area contributed by atoms with Gasteiger partial charge in [0, 0.05) is 18.2 Å². The molecule has 0 bridgehead atoms. The molecular formula is C11H19NO2. The standard InChI is InChI=1S/C11H19NO2/c1-8-7-11(10(3)14-8)9(2)12-5-4-6-13/h7,9,12-13H,4-6H2,1-3H3. The van der Waals surface area contributed by atoms with Gasteiger partial charge in [-0.15, -0.1) is 0 Å². The van der Waals surface area contributed by atoms with Crippen LogP contribution in [0.1, 0.15) is 36.5 Å². The Kier molecular flexibility index (Phi) is 4.17.